The van der Waals surface area contributed by atoms with Crippen LogP contribution in [0.5, 0.6) is 0 Å². The summed E-state index contributed by atoms with van der Waals surface area (Å²) in [7, 11) is 0. The molecule has 0 aromatic heterocycles. The lowest BCUT2D eigenvalue weighted by Gasteiger charge is -2.42. The van der Waals surface area contributed by atoms with Crippen LogP contribution in [0, 0.1) is 17.8 Å². The zero-order chi connectivity index (χ0) is 13.6. The van der Waals surface area contributed by atoms with Crippen molar-refractivity contribution in [3.63, 3.8) is 0 Å². The van der Waals surface area contributed by atoms with E-state index in [1.165, 1.54) is 0 Å². The number of nitrogens with one attached hydrogen (secondary N) is 1. The fourth-order valence-electron chi connectivity index (χ4n) is 3.06. The average Bonchev–Trinajstić information content (AvgIpc) is 2.55. The van der Waals surface area contributed by atoms with E-state index in [2.05, 4.69) is 17.5 Å². The SMILES string of the molecule is CC1C=CC2CNCC2(N)C1C(=O)OC(C)(C)C. The summed E-state index contributed by atoms with van der Waals surface area (Å²) in [5.41, 5.74) is 5.54. The van der Waals surface area contributed by atoms with Crippen LogP contribution >= 0.6 is 0 Å². The molecule has 1 saturated heterocycles. The van der Waals surface area contributed by atoms with Crippen molar-refractivity contribution >= 4 is 5.97 Å². The topological polar surface area (TPSA) is 64.3 Å². The van der Waals surface area contributed by atoms with Crippen LogP contribution in [-0.4, -0.2) is 30.2 Å². The Balaban J connectivity index is 2.24. The molecule has 0 amide bonds. The molecule has 0 saturated carbocycles. The highest BCUT2D eigenvalue weighted by Crippen LogP contribution is 2.39. The van der Waals surface area contributed by atoms with Crippen LogP contribution < -0.4 is 11.1 Å². The molecule has 0 bridgehead atoms. The van der Waals surface area contributed by atoms with Crippen LogP contribution in [-0.2, 0) is 9.53 Å². The molecule has 0 radical (unpaired) electrons. The normalized spacial score (nSPS) is 39.5. The van der Waals surface area contributed by atoms with Gasteiger partial charge < -0.3 is 15.8 Å². The molecule has 0 spiro atoms. The van der Waals surface area contributed by atoms with Crippen molar-refractivity contribution in [1.82, 2.24) is 5.32 Å². The zero-order valence-electron chi connectivity index (χ0n) is 11.7. The summed E-state index contributed by atoms with van der Waals surface area (Å²) in [6.07, 6.45) is 4.24. The molecular formula is C14H24N2O2. The molecule has 4 nitrogen and oxygen atoms in total. The van der Waals surface area contributed by atoms with Gasteiger partial charge in [0.1, 0.15) is 5.60 Å². The third-order valence-electron chi connectivity index (χ3n) is 3.90. The minimum absolute atomic E-state index is 0.126. The lowest BCUT2D eigenvalue weighted by Crippen LogP contribution is -2.60. The van der Waals surface area contributed by atoms with Gasteiger partial charge in [-0.05, 0) is 26.7 Å². The molecule has 0 aromatic rings. The lowest BCUT2D eigenvalue weighted by molar-refractivity contribution is -0.164. The molecule has 102 valence electrons. The predicted octanol–water partition coefficient (Wildman–Crippen LogP) is 1.07. The second kappa shape index (κ2) is 4.35. The highest BCUT2D eigenvalue weighted by Gasteiger charge is 2.52. The number of hydrogen-bond acceptors (Lipinski definition) is 4. The summed E-state index contributed by atoms with van der Waals surface area (Å²) in [5, 5.41) is 3.29. The highest BCUT2D eigenvalue weighted by molar-refractivity contribution is 5.76. The van der Waals surface area contributed by atoms with E-state index in [9.17, 15) is 4.79 Å². The summed E-state index contributed by atoms with van der Waals surface area (Å²) < 4.78 is 5.54. The molecule has 0 aromatic carbocycles. The molecular weight excluding hydrogens is 228 g/mol. The molecule has 18 heavy (non-hydrogen) atoms. The van der Waals surface area contributed by atoms with Crippen LogP contribution in [0.15, 0.2) is 12.2 Å². The van der Waals surface area contributed by atoms with Gasteiger partial charge in [-0.15, -0.1) is 0 Å². The molecule has 1 aliphatic heterocycles. The molecule has 1 aliphatic carbocycles. The minimum Gasteiger partial charge on any atom is -0.460 e. The second-order valence-corrected chi connectivity index (χ2v) is 6.60. The number of fused-ring (bicyclic) bond motifs is 1. The number of esters is 1. The second-order valence-electron chi connectivity index (χ2n) is 6.60. The summed E-state index contributed by atoms with van der Waals surface area (Å²) >= 11 is 0. The number of carbonyl (C=O) groups is 1. The third-order valence-corrected chi connectivity index (χ3v) is 3.90. The minimum atomic E-state index is -0.503. The first-order valence-electron chi connectivity index (χ1n) is 6.65. The van der Waals surface area contributed by atoms with E-state index in [4.69, 9.17) is 10.5 Å². The number of allylic oxidation sites excluding steroid dienone is 1. The molecule has 4 heteroatoms. The summed E-state index contributed by atoms with van der Waals surface area (Å²) in [5.74, 6) is -0.0792. The van der Waals surface area contributed by atoms with Crippen molar-refractivity contribution in [2.24, 2.45) is 23.5 Å². The Labute approximate surface area is 109 Å². The Bertz CT molecular complexity index is 372. The maximum absolute atomic E-state index is 12.4. The fraction of sp³-hybridized carbons (Fsp3) is 0.786. The molecule has 4 atom stereocenters. The van der Waals surface area contributed by atoms with E-state index < -0.39 is 11.1 Å². The quantitative estimate of drug-likeness (QED) is 0.541. The van der Waals surface area contributed by atoms with E-state index >= 15 is 0 Å². The van der Waals surface area contributed by atoms with Gasteiger partial charge >= 0.3 is 5.97 Å². The van der Waals surface area contributed by atoms with Gasteiger partial charge in [-0.25, -0.2) is 0 Å². The number of nitrogens with two attached hydrogens (primary N) is 1. The standard InChI is InChI=1S/C14H24N2O2/c1-9-5-6-10-7-16-8-14(10,15)11(9)12(17)18-13(2,3)4/h5-6,9-11,16H,7-8,15H2,1-4H3. The van der Waals surface area contributed by atoms with Gasteiger partial charge in [-0.1, -0.05) is 19.1 Å². The number of carbonyl (C=O) groups excluding carboxylic acids is 1. The van der Waals surface area contributed by atoms with Gasteiger partial charge in [0.15, 0.2) is 0 Å². The molecule has 1 fully saturated rings. The highest BCUT2D eigenvalue weighted by atomic mass is 16.6. The summed E-state index contributed by atoms with van der Waals surface area (Å²) in [4.78, 5) is 12.4. The maximum atomic E-state index is 12.4. The van der Waals surface area contributed by atoms with Crippen molar-refractivity contribution in [3.8, 4) is 0 Å². The first-order chi connectivity index (χ1) is 8.24. The lowest BCUT2D eigenvalue weighted by atomic mass is 9.67. The molecule has 2 aliphatic rings. The fourth-order valence-corrected chi connectivity index (χ4v) is 3.06. The third kappa shape index (κ3) is 2.31. The van der Waals surface area contributed by atoms with E-state index in [0.29, 0.717) is 6.54 Å². The summed E-state index contributed by atoms with van der Waals surface area (Å²) in [6.45, 7) is 9.23. The Morgan fingerprint density at radius 3 is 2.72 bits per heavy atom. The van der Waals surface area contributed by atoms with Crippen LogP contribution in [0.2, 0.25) is 0 Å². The molecule has 2 rings (SSSR count). The van der Waals surface area contributed by atoms with Crippen molar-refractivity contribution in [2.75, 3.05) is 13.1 Å². The molecule has 3 N–H and O–H groups in total. The smallest absolute Gasteiger partial charge is 0.311 e. The van der Waals surface area contributed by atoms with Crippen molar-refractivity contribution in [2.45, 2.75) is 38.8 Å². The van der Waals surface area contributed by atoms with Crippen LogP contribution in [0.1, 0.15) is 27.7 Å². The average molecular weight is 252 g/mol. The largest absolute Gasteiger partial charge is 0.460 e. The van der Waals surface area contributed by atoms with E-state index in [1.54, 1.807) is 0 Å². The van der Waals surface area contributed by atoms with Gasteiger partial charge in [0, 0.05) is 24.5 Å². The summed E-state index contributed by atoms with van der Waals surface area (Å²) in [6, 6.07) is 0. The maximum Gasteiger partial charge on any atom is 0.311 e. The van der Waals surface area contributed by atoms with E-state index in [-0.39, 0.29) is 23.7 Å². The van der Waals surface area contributed by atoms with Crippen LogP contribution in [0.4, 0.5) is 0 Å². The van der Waals surface area contributed by atoms with Crippen LogP contribution in [0.25, 0.3) is 0 Å². The first-order valence-corrected chi connectivity index (χ1v) is 6.65. The van der Waals surface area contributed by atoms with E-state index in [1.807, 2.05) is 27.7 Å². The van der Waals surface area contributed by atoms with Crippen LogP contribution in [0.3, 0.4) is 0 Å². The Morgan fingerprint density at radius 1 is 1.44 bits per heavy atom. The molecule has 4 unspecified atom stereocenters. The van der Waals surface area contributed by atoms with Gasteiger partial charge in [-0.2, -0.15) is 0 Å². The van der Waals surface area contributed by atoms with Crippen molar-refractivity contribution in [3.05, 3.63) is 12.2 Å². The van der Waals surface area contributed by atoms with E-state index in [0.717, 1.165) is 6.54 Å². The van der Waals surface area contributed by atoms with Crippen molar-refractivity contribution < 1.29 is 9.53 Å². The van der Waals surface area contributed by atoms with Gasteiger partial charge in [0.2, 0.25) is 0 Å². The Hall–Kier alpha value is -0.870. The van der Waals surface area contributed by atoms with Gasteiger partial charge in [0.25, 0.3) is 0 Å². The van der Waals surface area contributed by atoms with Gasteiger partial charge in [-0.3, -0.25) is 4.79 Å². The first kappa shape index (κ1) is 13.6. The monoisotopic (exact) mass is 252 g/mol. The predicted molar refractivity (Wildman–Crippen MR) is 70.9 cm³/mol. The number of rotatable bonds is 1. The Kier molecular flexibility index (Phi) is 3.28. The zero-order valence-corrected chi connectivity index (χ0v) is 11.7. The number of hydrogen-bond donors (Lipinski definition) is 2. The molecule has 1 heterocycles. The van der Waals surface area contributed by atoms with Crippen molar-refractivity contribution in [1.29, 1.82) is 0 Å². The number of ether oxygens (including phenoxy) is 1. The van der Waals surface area contributed by atoms with Gasteiger partial charge in [0.05, 0.1) is 5.92 Å². The Morgan fingerprint density at radius 2 is 2.11 bits per heavy atom.